The number of amides is 2. The Morgan fingerprint density at radius 3 is 2.03 bits per heavy atom. The van der Waals surface area contributed by atoms with Crippen molar-refractivity contribution < 1.29 is 32.3 Å². The van der Waals surface area contributed by atoms with Gasteiger partial charge in [0.25, 0.3) is 0 Å². The maximum atomic E-state index is 13.0. The third-order valence-electron chi connectivity index (χ3n) is 5.22. The van der Waals surface area contributed by atoms with Gasteiger partial charge in [-0.25, -0.2) is 13.2 Å². The van der Waals surface area contributed by atoms with Gasteiger partial charge in [0.2, 0.25) is 10.0 Å². The molecule has 0 aromatic heterocycles. The van der Waals surface area contributed by atoms with Crippen LogP contribution in [0.5, 0.6) is 0 Å². The van der Waals surface area contributed by atoms with Gasteiger partial charge in [0.15, 0.2) is 0 Å². The molecular weight excluding hydrogens is 414 g/mol. The molecule has 3 rings (SSSR count). The van der Waals surface area contributed by atoms with E-state index in [1.807, 2.05) is 0 Å². The minimum atomic E-state index is -3.80. The molecule has 0 N–H and O–H groups in total. The number of piperazine rings is 1. The predicted molar refractivity (Wildman–Crippen MR) is 105 cm³/mol. The first-order valence-corrected chi connectivity index (χ1v) is 11.0. The lowest BCUT2D eigenvalue weighted by molar-refractivity contribution is -0.154. The lowest BCUT2D eigenvalue weighted by Gasteiger charge is -2.35. The molecule has 0 unspecified atom stereocenters. The lowest BCUT2D eigenvalue weighted by Crippen LogP contribution is -2.55. The molecule has 0 spiro atoms. The van der Waals surface area contributed by atoms with Crippen molar-refractivity contribution in [2.24, 2.45) is 0 Å². The Balaban J connectivity index is 1.66. The lowest BCUT2D eigenvalue weighted by atomic mass is 10.1. The second-order valence-electron chi connectivity index (χ2n) is 7.07. The molecule has 2 fully saturated rings. The van der Waals surface area contributed by atoms with E-state index in [0.29, 0.717) is 31.9 Å². The van der Waals surface area contributed by atoms with Gasteiger partial charge in [-0.2, -0.15) is 4.31 Å². The fourth-order valence-electron chi connectivity index (χ4n) is 3.49. The summed E-state index contributed by atoms with van der Waals surface area (Å²) in [5, 5.41) is 0. The predicted octanol–water partition coefficient (Wildman–Crippen LogP) is -0.527. The highest BCUT2D eigenvalue weighted by molar-refractivity contribution is 7.89. The molecule has 0 bridgehead atoms. The van der Waals surface area contributed by atoms with E-state index >= 15 is 0 Å². The fraction of sp³-hybridized carbons (Fsp3) is 0.526. The van der Waals surface area contributed by atoms with Crippen molar-refractivity contribution in [3.05, 3.63) is 29.3 Å². The molecule has 2 aliphatic heterocycles. The van der Waals surface area contributed by atoms with E-state index in [-0.39, 0.29) is 36.6 Å². The Kier molecular flexibility index (Phi) is 6.74. The highest BCUT2D eigenvalue weighted by Gasteiger charge is 2.34. The number of nitrogens with zero attached hydrogens (tertiary/aromatic N) is 3. The van der Waals surface area contributed by atoms with Gasteiger partial charge in [-0.1, -0.05) is 0 Å². The molecule has 0 aliphatic carbocycles. The van der Waals surface area contributed by atoms with Crippen molar-refractivity contribution in [1.82, 2.24) is 14.1 Å². The van der Waals surface area contributed by atoms with E-state index in [1.165, 1.54) is 39.4 Å². The monoisotopic (exact) mass is 439 g/mol. The van der Waals surface area contributed by atoms with Crippen LogP contribution in [-0.4, -0.2) is 99.9 Å². The molecule has 30 heavy (non-hydrogen) atoms. The van der Waals surface area contributed by atoms with E-state index in [0.717, 1.165) is 0 Å². The SMILES string of the molecule is COC(=O)c1ccc(S(=O)(=O)N2CCN(C(=O)C(=O)N3CCOCC3)CC2)c(C)c1. The molecule has 2 heterocycles. The first kappa shape index (κ1) is 22.2. The largest absolute Gasteiger partial charge is 0.465 e. The Labute approximate surface area is 175 Å². The summed E-state index contributed by atoms with van der Waals surface area (Å²) in [6.45, 7) is 3.60. The van der Waals surface area contributed by atoms with Gasteiger partial charge in [0.1, 0.15) is 0 Å². The zero-order valence-electron chi connectivity index (χ0n) is 17.0. The second-order valence-corrected chi connectivity index (χ2v) is 8.98. The van der Waals surface area contributed by atoms with Crippen LogP contribution < -0.4 is 0 Å². The Morgan fingerprint density at radius 1 is 0.933 bits per heavy atom. The van der Waals surface area contributed by atoms with Crippen LogP contribution in [-0.2, 0) is 29.1 Å². The van der Waals surface area contributed by atoms with Gasteiger partial charge in [0, 0.05) is 39.3 Å². The minimum Gasteiger partial charge on any atom is -0.465 e. The van der Waals surface area contributed by atoms with E-state index in [9.17, 15) is 22.8 Å². The van der Waals surface area contributed by atoms with Crippen LogP contribution in [0.3, 0.4) is 0 Å². The van der Waals surface area contributed by atoms with Crippen LogP contribution in [0, 0.1) is 6.92 Å². The number of carbonyl (C=O) groups excluding carboxylic acids is 3. The van der Waals surface area contributed by atoms with Crippen molar-refractivity contribution in [2.45, 2.75) is 11.8 Å². The van der Waals surface area contributed by atoms with Crippen molar-refractivity contribution in [1.29, 1.82) is 0 Å². The van der Waals surface area contributed by atoms with E-state index < -0.39 is 27.8 Å². The number of hydrogen-bond donors (Lipinski definition) is 0. The maximum Gasteiger partial charge on any atom is 0.337 e. The van der Waals surface area contributed by atoms with Crippen LogP contribution in [0.4, 0.5) is 0 Å². The molecule has 0 saturated carbocycles. The number of aryl methyl sites for hydroxylation is 1. The molecule has 0 atom stereocenters. The number of esters is 1. The first-order valence-electron chi connectivity index (χ1n) is 9.60. The van der Waals surface area contributed by atoms with E-state index in [2.05, 4.69) is 4.74 Å². The van der Waals surface area contributed by atoms with Gasteiger partial charge in [0.05, 0.1) is 30.8 Å². The number of methoxy groups -OCH3 is 1. The number of hydrogen-bond acceptors (Lipinski definition) is 7. The normalized spacial score (nSPS) is 18.2. The van der Waals surface area contributed by atoms with Crippen LogP contribution in [0.1, 0.15) is 15.9 Å². The van der Waals surface area contributed by atoms with Crippen molar-refractivity contribution in [3.63, 3.8) is 0 Å². The topological polar surface area (TPSA) is 114 Å². The van der Waals surface area contributed by atoms with Crippen LogP contribution >= 0.6 is 0 Å². The maximum absolute atomic E-state index is 13.0. The van der Waals surface area contributed by atoms with Crippen LogP contribution in [0.25, 0.3) is 0 Å². The van der Waals surface area contributed by atoms with Gasteiger partial charge in [-0.05, 0) is 30.7 Å². The Bertz CT molecular complexity index is 933. The van der Waals surface area contributed by atoms with E-state index in [4.69, 9.17) is 4.74 Å². The zero-order valence-corrected chi connectivity index (χ0v) is 17.8. The molecule has 164 valence electrons. The highest BCUT2D eigenvalue weighted by Crippen LogP contribution is 2.23. The number of rotatable bonds is 3. The summed E-state index contributed by atoms with van der Waals surface area (Å²) in [5.74, 6) is -1.74. The highest BCUT2D eigenvalue weighted by atomic mass is 32.2. The molecular formula is C19H25N3O7S. The number of benzene rings is 1. The molecule has 10 nitrogen and oxygen atoms in total. The molecule has 0 radical (unpaired) electrons. The summed E-state index contributed by atoms with van der Waals surface area (Å²) >= 11 is 0. The smallest absolute Gasteiger partial charge is 0.337 e. The summed E-state index contributed by atoms with van der Waals surface area (Å²) in [5.41, 5.74) is 0.699. The number of sulfonamides is 1. The fourth-order valence-corrected chi connectivity index (χ4v) is 5.12. The average molecular weight is 439 g/mol. The first-order chi connectivity index (χ1) is 14.3. The van der Waals surface area contributed by atoms with Crippen molar-refractivity contribution >= 4 is 27.8 Å². The number of morpholine rings is 1. The standard InChI is InChI=1S/C19H25N3O7S/c1-14-13-15(19(25)28-2)3-4-16(14)30(26,27)22-7-5-20(6-8-22)17(23)18(24)21-9-11-29-12-10-21/h3-4,13H,5-12H2,1-2H3. The zero-order chi connectivity index (χ0) is 21.9. The summed E-state index contributed by atoms with van der Waals surface area (Å²) in [4.78, 5) is 39.4. The molecule has 1 aromatic carbocycles. The summed E-state index contributed by atoms with van der Waals surface area (Å²) < 4.78 is 37.2. The molecule has 2 amide bonds. The third-order valence-corrected chi connectivity index (χ3v) is 7.28. The van der Waals surface area contributed by atoms with Gasteiger partial charge >= 0.3 is 17.8 Å². The van der Waals surface area contributed by atoms with Crippen molar-refractivity contribution in [2.75, 3.05) is 59.6 Å². The minimum absolute atomic E-state index is 0.0860. The van der Waals surface area contributed by atoms with Crippen LogP contribution in [0.15, 0.2) is 23.1 Å². The molecule has 11 heteroatoms. The van der Waals surface area contributed by atoms with Gasteiger partial charge in [-0.15, -0.1) is 0 Å². The molecule has 1 aromatic rings. The third kappa shape index (κ3) is 4.47. The quantitative estimate of drug-likeness (QED) is 0.460. The Hall–Kier alpha value is -2.50. The van der Waals surface area contributed by atoms with E-state index in [1.54, 1.807) is 6.92 Å². The number of carbonyl (C=O) groups is 3. The van der Waals surface area contributed by atoms with Crippen molar-refractivity contribution in [3.8, 4) is 0 Å². The summed E-state index contributed by atoms with van der Waals surface area (Å²) in [6, 6.07) is 4.27. The second kappa shape index (κ2) is 9.11. The molecule has 2 saturated heterocycles. The average Bonchev–Trinajstić information content (AvgIpc) is 2.77. The van der Waals surface area contributed by atoms with Crippen LogP contribution in [0.2, 0.25) is 0 Å². The number of ether oxygens (including phenoxy) is 2. The van der Waals surface area contributed by atoms with Gasteiger partial charge in [-0.3, -0.25) is 9.59 Å². The summed E-state index contributed by atoms with van der Waals surface area (Å²) in [7, 11) is -2.54. The molecule has 2 aliphatic rings. The Morgan fingerprint density at radius 2 is 1.50 bits per heavy atom. The van der Waals surface area contributed by atoms with Gasteiger partial charge < -0.3 is 19.3 Å². The summed E-state index contributed by atoms with van der Waals surface area (Å²) in [6.07, 6.45) is 0.